The van der Waals surface area contributed by atoms with Crippen LogP contribution in [0.2, 0.25) is 0 Å². The van der Waals surface area contributed by atoms with Gasteiger partial charge in [-0.25, -0.2) is 9.97 Å². The molecule has 2 unspecified atom stereocenters. The van der Waals surface area contributed by atoms with Crippen LogP contribution in [-0.4, -0.2) is 39.5 Å². The average Bonchev–Trinajstić information content (AvgIpc) is 2.85. The Morgan fingerprint density at radius 3 is 2.70 bits per heavy atom. The van der Waals surface area contributed by atoms with Gasteiger partial charge in [-0.15, -0.1) is 11.3 Å². The number of hydrogen-bond acceptors (Lipinski definition) is 5. The summed E-state index contributed by atoms with van der Waals surface area (Å²) in [6.45, 7) is 8.73. The van der Waals surface area contributed by atoms with Crippen LogP contribution in [0.1, 0.15) is 55.3 Å². The SMILES string of the molecule is CCOc1ncnc2sc(C(=O)N3C(C)CCCC3C)c(C)c12. The fourth-order valence-electron chi connectivity index (χ4n) is 3.43. The maximum atomic E-state index is 13.1. The lowest BCUT2D eigenvalue weighted by Crippen LogP contribution is -2.47. The standard InChI is InChI=1S/C17H23N3O2S/c1-5-22-15-13-12(4)14(23-16(13)19-9-18-15)17(21)20-10(2)7-6-8-11(20)3/h9-11H,5-8H2,1-4H3. The number of amides is 1. The number of carbonyl (C=O) groups excluding carboxylic acids is 1. The van der Waals surface area contributed by atoms with Crippen molar-refractivity contribution in [2.24, 2.45) is 0 Å². The van der Waals surface area contributed by atoms with E-state index in [4.69, 9.17) is 4.74 Å². The Morgan fingerprint density at radius 2 is 2.04 bits per heavy atom. The Hall–Kier alpha value is -1.69. The Kier molecular flexibility index (Phi) is 4.53. The Labute approximate surface area is 140 Å². The highest BCUT2D eigenvalue weighted by atomic mass is 32.1. The van der Waals surface area contributed by atoms with Gasteiger partial charge in [0.25, 0.3) is 5.91 Å². The van der Waals surface area contributed by atoms with E-state index in [1.807, 2.05) is 18.7 Å². The van der Waals surface area contributed by atoms with Crippen molar-refractivity contribution in [3.05, 3.63) is 16.8 Å². The molecular weight excluding hydrogens is 310 g/mol. The van der Waals surface area contributed by atoms with Crippen molar-refractivity contribution in [3.8, 4) is 5.88 Å². The number of piperidine rings is 1. The molecule has 0 radical (unpaired) electrons. The van der Waals surface area contributed by atoms with Crippen molar-refractivity contribution >= 4 is 27.5 Å². The quantitative estimate of drug-likeness (QED) is 0.857. The van der Waals surface area contributed by atoms with E-state index in [-0.39, 0.29) is 18.0 Å². The average molecular weight is 333 g/mol. The molecule has 0 aliphatic carbocycles. The summed E-state index contributed by atoms with van der Waals surface area (Å²) in [6.07, 6.45) is 4.84. The number of aryl methyl sites for hydroxylation is 1. The van der Waals surface area contributed by atoms with Gasteiger partial charge in [0.1, 0.15) is 11.2 Å². The minimum absolute atomic E-state index is 0.118. The Balaban J connectivity index is 2.04. The Bertz CT molecular complexity index is 718. The molecule has 0 bridgehead atoms. The third-order valence-electron chi connectivity index (χ3n) is 4.60. The second-order valence-corrected chi connectivity index (χ2v) is 7.19. The van der Waals surface area contributed by atoms with Crippen molar-refractivity contribution in [1.29, 1.82) is 0 Å². The molecule has 3 heterocycles. The monoisotopic (exact) mass is 333 g/mol. The van der Waals surface area contributed by atoms with Crippen LogP contribution in [0.25, 0.3) is 10.2 Å². The normalized spacial score (nSPS) is 21.7. The first-order valence-corrected chi connectivity index (χ1v) is 9.05. The van der Waals surface area contributed by atoms with Gasteiger partial charge < -0.3 is 9.64 Å². The van der Waals surface area contributed by atoms with Crippen LogP contribution in [0, 0.1) is 6.92 Å². The lowest BCUT2D eigenvalue weighted by atomic mass is 9.97. The van der Waals surface area contributed by atoms with Gasteiger partial charge in [0.15, 0.2) is 0 Å². The first kappa shape index (κ1) is 16.2. The third-order valence-corrected chi connectivity index (χ3v) is 5.78. The van der Waals surface area contributed by atoms with Gasteiger partial charge in [0, 0.05) is 12.1 Å². The number of nitrogens with zero attached hydrogens (tertiary/aromatic N) is 3. The summed E-state index contributed by atoms with van der Waals surface area (Å²) < 4.78 is 5.61. The van der Waals surface area contributed by atoms with Crippen LogP contribution < -0.4 is 4.74 Å². The second-order valence-electron chi connectivity index (χ2n) is 6.19. The molecule has 3 rings (SSSR count). The summed E-state index contributed by atoms with van der Waals surface area (Å²) in [6, 6.07) is 0.571. The predicted octanol–water partition coefficient (Wildman–Crippen LogP) is 3.80. The highest BCUT2D eigenvalue weighted by Crippen LogP contribution is 2.36. The smallest absolute Gasteiger partial charge is 0.264 e. The molecule has 1 amide bonds. The number of hydrogen-bond donors (Lipinski definition) is 0. The Morgan fingerprint density at radius 1 is 1.35 bits per heavy atom. The number of thiophene rings is 1. The zero-order valence-corrected chi connectivity index (χ0v) is 14.9. The molecule has 0 N–H and O–H groups in total. The molecular formula is C17H23N3O2S. The summed E-state index contributed by atoms with van der Waals surface area (Å²) in [5.41, 5.74) is 0.934. The van der Waals surface area contributed by atoms with Crippen molar-refractivity contribution in [3.63, 3.8) is 0 Å². The number of likely N-dealkylation sites (tertiary alicyclic amines) is 1. The first-order chi connectivity index (χ1) is 11.0. The molecule has 124 valence electrons. The number of carbonyl (C=O) groups is 1. The molecule has 1 aliphatic rings. The van der Waals surface area contributed by atoms with Gasteiger partial charge in [0.2, 0.25) is 5.88 Å². The second kappa shape index (κ2) is 6.43. The van der Waals surface area contributed by atoms with Crippen LogP contribution in [0.3, 0.4) is 0 Å². The lowest BCUT2D eigenvalue weighted by Gasteiger charge is -2.39. The molecule has 1 saturated heterocycles. The van der Waals surface area contributed by atoms with Crippen molar-refractivity contribution in [2.75, 3.05) is 6.61 Å². The van der Waals surface area contributed by atoms with E-state index in [0.717, 1.165) is 33.5 Å². The van der Waals surface area contributed by atoms with Crippen LogP contribution in [-0.2, 0) is 0 Å². The molecule has 1 fully saturated rings. The minimum Gasteiger partial charge on any atom is -0.477 e. The molecule has 2 aromatic heterocycles. The van der Waals surface area contributed by atoms with E-state index in [2.05, 4.69) is 23.8 Å². The predicted molar refractivity (Wildman–Crippen MR) is 92.3 cm³/mol. The highest BCUT2D eigenvalue weighted by molar-refractivity contribution is 7.20. The zero-order chi connectivity index (χ0) is 16.6. The molecule has 5 nitrogen and oxygen atoms in total. The van der Waals surface area contributed by atoms with E-state index in [1.54, 1.807) is 0 Å². The number of ether oxygens (including phenoxy) is 1. The fraction of sp³-hybridized carbons (Fsp3) is 0.588. The van der Waals surface area contributed by atoms with Gasteiger partial charge in [-0.3, -0.25) is 4.79 Å². The molecule has 2 atom stereocenters. The van der Waals surface area contributed by atoms with Gasteiger partial charge in [-0.2, -0.15) is 0 Å². The molecule has 2 aromatic rings. The molecule has 0 spiro atoms. The van der Waals surface area contributed by atoms with Crippen molar-refractivity contribution in [2.45, 2.75) is 59.0 Å². The highest BCUT2D eigenvalue weighted by Gasteiger charge is 2.32. The summed E-state index contributed by atoms with van der Waals surface area (Å²) >= 11 is 1.45. The first-order valence-electron chi connectivity index (χ1n) is 8.24. The van der Waals surface area contributed by atoms with Gasteiger partial charge in [-0.05, 0) is 52.5 Å². The number of rotatable bonds is 3. The van der Waals surface area contributed by atoms with Crippen LogP contribution in [0.5, 0.6) is 5.88 Å². The lowest BCUT2D eigenvalue weighted by molar-refractivity contribution is 0.0515. The number of fused-ring (bicyclic) bond motifs is 1. The molecule has 23 heavy (non-hydrogen) atoms. The number of aromatic nitrogens is 2. The van der Waals surface area contributed by atoms with E-state index >= 15 is 0 Å². The molecule has 1 aliphatic heterocycles. The van der Waals surface area contributed by atoms with Crippen molar-refractivity contribution < 1.29 is 9.53 Å². The fourth-order valence-corrected chi connectivity index (χ4v) is 4.51. The third kappa shape index (κ3) is 2.80. The van der Waals surface area contributed by atoms with Gasteiger partial charge in [-0.1, -0.05) is 0 Å². The van der Waals surface area contributed by atoms with Crippen LogP contribution in [0.15, 0.2) is 6.33 Å². The van der Waals surface area contributed by atoms with Crippen LogP contribution >= 0.6 is 11.3 Å². The topological polar surface area (TPSA) is 55.3 Å². The molecule has 0 saturated carbocycles. The molecule has 6 heteroatoms. The van der Waals surface area contributed by atoms with E-state index < -0.39 is 0 Å². The summed E-state index contributed by atoms with van der Waals surface area (Å²) in [4.78, 5) is 25.3. The van der Waals surface area contributed by atoms with Crippen LogP contribution in [0.4, 0.5) is 0 Å². The summed E-state index contributed by atoms with van der Waals surface area (Å²) in [5, 5.41) is 0.875. The maximum Gasteiger partial charge on any atom is 0.264 e. The van der Waals surface area contributed by atoms with Crippen molar-refractivity contribution in [1.82, 2.24) is 14.9 Å². The largest absolute Gasteiger partial charge is 0.477 e. The molecule has 0 aromatic carbocycles. The summed E-state index contributed by atoms with van der Waals surface area (Å²) in [7, 11) is 0. The minimum atomic E-state index is 0.118. The zero-order valence-electron chi connectivity index (χ0n) is 14.1. The van der Waals surface area contributed by atoms with E-state index in [0.29, 0.717) is 12.5 Å². The van der Waals surface area contributed by atoms with Gasteiger partial charge in [0.05, 0.1) is 16.9 Å². The van der Waals surface area contributed by atoms with Gasteiger partial charge >= 0.3 is 0 Å². The summed E-state index contributed by atoms with van der Waals surface area (Å²) in [5.74, 6) is 0.692. The maximum absolute atomic E-state index is 13.1. The van der Waals surface area contributed by atoms with E-state index in [1.165, 1.54) is 24.1 Å². The van der Waals surface area contributed by atoms with E-state index in [9.17, 15) is 4.79 Å².